The zero-order chi connectivity index (χ0) is 20.0. The van der Waals surface area contributed by atoms with Crippen LogP contribution in [0.2, 0.25) is 0 Å². The molecule has 0 aliphatic heterocycles. The van der Waals surface area contributed by atoms with Crippen LogP contribution in [0.1, 0.15) is 116 Å². The third kappa shape index (κ3) is 22.6. The van der Waals surface area contributed by atoms with Crippen molar-refractivity contribution in [1.29, 1.82) is 0 Å². The van der Waals surface area contributed by atoms with Crippen LogP contribution in [-0.4, -0.2) is 29.8 Å². The van der Waals surface area contributed by atoms with Crippen molar-refractivity contribution in [2.45, 2.75) is 116 Å². The molecule has 0 heterocycles. The van der Waals surface area contributed by atoms with Gasteiger partial charge in [-0.15, -0.1) is 0 Å². The summed E-state index contributed by atoms with van der Waals surface area (Å²) in [6, 6.07) is 0. The van der Waals surface area contributed by atoms with Crippen molar-refractivity contribution in [2.24, 2.45) is 0 Å². The lowest BCUT2D eigenvalue weighted by Crippen LogP contribution is -2.28. The van der Waals surface area contributed by atoms with Gasteiger partial charge in [0.1, 0.15) is 12.8 Å². The lowest BCUT2D eigenvalue weighted by atomic mass is 10.0. The van der Waals surface area contributed by atoms with Crippen LogP contribution in [0.3, 0.4) is 0 Å². The average molecular weight is 384 g/mol. The van der Waals surface area contributed by atoms with Crippen LogP contribution >= 0.6 is 0 Å². The molecular weight excluding hydrogens is 342 g/mol. The molecule has 27 heavy (non-hydrogen) atoms. The van der Waals surface area contributed by atoms with Crippen LogP contribution in [0.25, 0.3) is 0 Å². The molecule has 5 nitrogen and oxygen atoms in total. The van der Waals surface area contributed by atoms with Crippen molar-refractivity contribution in [3.05, 3.63) is 0 Å². The second-order valence-electron chi connectivity index (χ2n) is 7.53. The summed E-state index contributed by atoms with van der Waals surface area (Å²) in [6.07, 6.45) is 22.1. The quantitative estimate of drug-likeness (QED) is 0.205. The number of nitrogens with one attached hydrogen (secondary N) is 1. The highest BCUT2D eigenvalue weighted by molar-refractivity contribution is 5.80. The summed E-state index contributed by atoms with van der Waals surface area (Å²) in [5.74, 6) is -1.15. The number of hydrogen-bond donors (Lipinski definition) is 2. The van der Waals surface area contributed by atoms with Crippen molar-refractivity contribution in [2.75, 3.05) is 6.54 Å². The second-order valence-corrected chi connectivity index (χ2v) is 7.53. The molecule has 0 aromatic rings. The number of carbonyl (C=O) groups excluding carboxylic acids is 2. The maximum atomic E-state index is 11.3. The first-order valence-corrected chi connectivity index (χ1v) is 11.1. The van der Waals surface area contributed by atoms with Crippen molar-refractivity contribution in [3.8, 4) is 0 Å². The third-order valence-electron chi connectivity index (χ3n) is 4.91. The maximum absolute atomic E-state index is 11.3. The topological polar surface area (TPSA) is 83.5 Å². The number of amides is 1. The Morgan fingerprint density at radius 2 is 1.00 bits per heavy atom. The Kier molecular flexibility index (Phi) is 19.8. The van der Waals surface area contributed by atoms with Crippen LogP contribution in [0.15, 0.2) is 0 Å². The van der Waals surface area contributed by atoms with Gasteiger partial charge in [-0.1, -0.05) is 89.9 Å². The molecule has 0 atom stereocenters. The zero-order valence-corrected chi connectivity index (χ0v) is 17.2. The number of carboxylic acids is 1. The summed E-state index contributed by atoms with van der Waals surface area (Å²) in [7, 11) is 0. The van der Waals surface area contributed by atoms with Crippen molar-refractivity contribution < 1.29 is 19.5 Å². The molecule has 0 radical (unpaired) electrons. The minimum Gasteiger partial charge on any atom is -0.480 e. The molecule has 0 unspecified atom stereocenters. The third-order valence-corrected chi connectivity index (χ3v) is 4.91. The standard InChI is InChI=1S/C22H41NO4/c24-19-17-15-13-11-9-7-5-3-1-2-4-6-8-10-12-14-16-18-21(25)23-20-22(26)27/h19H,1-18,20H2,(H,23,25)(H,26,27). The normalized spacial score (nSPS) is 10.7. The van der Waals surface area contributed by atoms with Gasteiger partial charge < -0.3 is 15.2 Å². The Balaban J connectivity index is 3.09. The predicted octanol–water partition coefficient (Wildman–Crippen LogP) is 5.41. The van der Waals surface area contributed by atoms with Gasteiger partial charge in [0.25, 0.3) is 0 Å². The van der Waals surface area contributed by atoms with E-state index in [0.29, 0.717) is 6.42 Å². The van der Waals surface area contributed by atoms with E-state index in [4.69, 9.17) is 5.11 Å². The highest BCUT2D eigenvalue weighted by Crippen LogP contribution is 2.14. The molecule has 2 N–H and O–H groups in total. The smallest absolute Gasteiger partial charge is 0.322 e. The van der Waals surface area contributed by atoms with E-state index >= 15 is 0 Å². The lowest BCUT2D eigenvalue weighted by molar-refractivity contribution is -0.137. The molecule has 0 rings (SSSR count). The van der Waals surface area contributed by atoms with Gasteiger partial charge in [-0.05, 0) is 12.8 Å². The SMILES string of the molecule is O=CCCCCCCCCCCCCCCCCCCC(=O)NCC(=O)O. The summed E-state index contributed by atoms with van der Waals surface area (Å²) in [4.78, 5) is 31.9. The van der Waals surface area contributed by atoms with Gasteiger partial charge in [-0.25, -0.2) is 0 Å². The van der Waals surface area contributed by atoms with Gasteiger partial charge in [0.05, 0.1) is 0 Å². The van der Waals surface area contributed by atoms with E-state index < -0.39 is 5.97 Å². The van der Waals surface area contributed by atoms with E-state index in [1.54, 1.807) is 0 Å². The van der Waals surface area contributed by atoms with Crippen molar-refractivity contribution >= 4 is 18.2 Å². The molecular formula is C22H41NO4. The van der Waals surface area contributed by atoms with Crippen LogP contribution in [0.4, 0.5) is 0 Å². The van der Waals surface area contributed by atoms with Crippen molar-refractivity contribution in [3.63, 3.8) is 0 Å². The molecule has 0 aliphatic carbocycles. The monoisotopic (exact) mass is 383 g/mol. The van der Waals surface area contributed by atoms with Crippen LogP contribution in [0.5, 0.6) is 0 Å². The first kappa shape index (κ1) is 25.6. The summed E-state index contributed by atoms with van der Waals surface area (Å²) in [6.45, 7) is -0.276. The van der Waals surface area contributed by atoms with Crippen molar-refractivity contribution in [1.82, 2.24) is 5.32 Å². The fraction of sp³-hybridized carbons (Fsp3) is 0.864. The van der Waals surface area contributed by atoms with E-state index in [2.05, 4.69) is 5.32 Å². The van der Waals surface area contributed by atoms with E-state index in [-0.39, 0.29) is 12.5 Å². The van der Waals surface area contributed by atoms with Gasteiger partial charge in [-0.3, -0.25) is 9.59 Å². The summed E-state index contributed by atoms with van der Waals surface area (Å²) in [5.41, 5.74) is 0. The minimum atomic E-state index is -0.995. The molecule has 158 valence electrons. The van der Waals surface area contributed by atoms with Crippen LogP contribution in [0, 0.1) is 0 Å². The molecule has 0 bridgehead atoms. The predicted molar refractivity (Wildman–Crippen MR) is 110 cm³/mol. The Hall–Kier alpha value is -1.39. The first-order valence-electron chi connectivity index (χ1n) is 11.1. The van der Waals surface area contributed by atoms with E-state index in [1.807, 2.05) is 0 Å². The Labute approximate surface area is 165 Å². The molecule has 0 spiro atoms. The molecule has 0 saturated carbocycles. The zero-order valence-electron chi connectivity index (χ0n) is 17.2. The summed E-state index contributed by atoms with van der Waals surface area (Å²) in [5, 5.41) is 10.9. The van der Waals surface area contributed by atoms with Crippen LogP contribution in [-0.2, 0) is 14.4 Å². The minimum absolute atomic E-state index is 0.157. The first-order chi connectivity index (χ1) is 13.2. The highest BCUT2D eigenvalue weighted by Gasteiger charge is 2.03. The lowest BCUT2D eigenvalue weighted by Gasteiger charge is -2.04. The summed E-state index contributed by atoms with van der Waals surface area (Å²) >= 11 is 0. The van der Waals surface area contributed by atoms with Crippen LogP contribution < -0.4 is 5.32 Å². The Morgan fingerprint density at radius 3 is 1.37 bits per heavy atom. The highest BCUT2D eigenvalue weighted by atomic mass is 16.4. The van der Waals surface area contributed by atoms with E-state index in [1.165, 1.54) is 83.5 Å². The number of aldehydes is 1. The van der Waals surface area contributed by atoms with Gasteiger partial charge >= 0.3 is 5.97 Å². The number of hydrogen-bond acceptors (Lipinski definition) is 3. The molecule has 0 aromatic carbocycles. The summed E-state index contributed by atoms with van der Waals surface area (Å²) < 4.78 is 0. The molecule has 0 saturated heterocycles. The number of carbonyl (C=O) groups is 3. The average Bonchev–Trinajstić information content (AvgIpc) is 2.65. The second kappa shape index (κ2) is 20.9. The molecule has 0 aliphatic rings. The maximum Gasteiger partial charge on any atom is 0.322 e. The fourth-order valence-electron chi connectivity index (χ4n) is 3.25. The van der Waals surface area contributed by atoms with Gasteiger partial charge in [-0.2, -0.15) is 0 Å². The largest absolute Gasteiger partial charge is 0.480 e. The van der Waals surface area contributed by atoms with Gasteiger partial charge in [0.15, 0.2) is 0 Å². The number of unbranched alkanes of at least 4 members (excludes halogenated alkanes) is 16. The number of carboxylic acid groups (broad SMARTS) is 1. The van der Waals surface area contributed by atoms with Gasteiger partial charge in [0.2, 0.25) is 5.91 Å². The Morgan fingerprint density at radius 1 is 0.630 bits per heavy atom. The van der Waals surface area contributed by atoms with Gasteiger partial charge in [0, 0.05) is 12.8 Å². The fourth-order valence-corrected chi connectivity index (χ4v) is 3.25. The van der Waals surface area contributed by atoms with E-state index in [0.717, 1.165) is 32.0 Å². The number of rotatable bonds is 21. The molecule has 5 heteroatoms. The molecule has 1 amide bonds. The molecule has 0 aromatic heterocycles. The number of aliphatic carboxylic acids is 1. The molecule has 0 fully saturated rings. The Bertz CT molecular complexity index is 371. The van der Waals surface area contributed by atoms with E-state index in [9.17, 15) is 14.4 Å².